The minimum Gasteiger partial charge on any atom is -0.313 e. The van der Waals surface area contributed by atoms with Crippen LogP contribution in [0.15, 0.2) is 47.6 Å². The fourth-order valence-electron chi connectivity index (χ4n) is 1.50. The molecule has 0 fully saturated rings. The highest BCUT2D eigenvalue weighted by atomic mass is 19.2. The Bertz CT molecular complexity index is 745. The van der Waals surface area contributed by atoms with Crippen molar-refractivity contribution in [2.24, 2.45) is 5.16 Å². The third kappa shape index (κ3) is 3.69. The molecule has 0 atom stereocenters. The van der Waals surface area contributed by atoms with Crippen molar-refractivity contribution in [2.75, 3.05) is 0 Å². The number of carbonyl (C=O) groups is 1. The number of benzene rings is 2. The first-order chi connectivity index (χ1) is 10.5. The maximum atomic E-state index is 12.9. The van der Waals surface area contributed by atoms with Crippen LogP contribution in [0, 0.1) is 21.7 Å². The van der Waals surface area contributed by atoms with Crippen LogP contribution < -0.4 is 0 Å². The van der Waals surface area contributed by atoms with Crippen molar-refractivity contribution in [2.45, 2.75) is 0 Å². The minimum atomic E-state index is -1.05. The van der Waals surface area contributed by atoms with Gasteiger partial charge in [-0.2, -0.15) is 0 Å². The molecule has 0 spiro atoms. The van der Waals surface area contributed by atoms with Crippen LogP contribution in [0.3, 0.4) is 0 Å². The van der Waals surface area contributed by atoms with Crippen molar-refractivity contribution in [1.82, 2.24) is 0 Å². The third-order valence-corrected chi connectivity index (χ3v) is 2.59. The lowest BCUT2D eigenvalue weighted by Crippen LogP contribution is -2.01. The highest BCUT2D eigenvalue weighted by Crippen LogP contribution is 2.13. The summed E-state index contributed by atoms with van der Waals surface area (Å²) in [5.74, 6) is -2.89. The van der Waals surface area contributed by atoms with Gasteiger partial charge in [-0.1, -0.05) is 11.2 Å². The summed E-state index contributed by atoms with van der Waals surface area (Å²) in [7, 11) is 0. The predicted octanol–water partition coefficient (Wildman–Crippen LogP) is 3.06. The number of carbonyl (C=O) groups excluding carboxylic acids is 1. The van der Waals surface area contributed by atoms with Gasteiger partial charge >= 0.3 is 5.97 Å². The molecule has 0 amide bonds. The molecular formula is C14H8F2N2O4. The smallest absolute Gasteiger partial charge is 0.313 e. The maximum absolute atomic E-state index is 12.9. The average molecular weight is 306 g/mol. The molecule has 0 bridgehead atoms. The van der Waals surface area contributed by atoms with Gasteiger partial charge in [0.05, 0.1) is 16.7 Å². The molecule has 112 valence electrons. The largest absolute Gasteiger partial charge is 0.365 e. The molecule has 2 aromatic rings. The molecule has 0 aliphatic carbocycles. The molecule has 2 aromatic carbocycles. The maximum Gasteiger partial charge on any atom is 0.365 e. The summed E-state index contributed by atoms with van der Waals surface area (Å²) >= 11 is 0. The Balaban J connectivity index is 2.01. The number of hydrogen-bond donors (Lipinski definition) is 0. The summed E-state index contributed by atoms with van der Waals surface area (Å²) in [6.07, 6.45) is 1.03. The fraction of sp³-hybridized carbons (Fsp3) is 0. The normalized spacial score (nSPS) is 10.6. The Morgan fingerprint density at radius 2 is 1.82 bits per heavy atom. The van der Waals surface area contributed by atoms with E-state index in [9.17, 15) is 23.7 Å². The topological polar surface area (TPSA) is 81.8 Å². The van der Waals surface area contributed by atoms with E-state index in [0.717, 1.165) is 30.5 Å². The zero-order chi connectivity index (χ0) is 16.1. The third-order valence-electron chi connectivity index (χ3n) is 2.59. The Morgan fingerprint density at radius 1 is 1.14 bits per heavy atom. The summed E-state index contributed by atoms with van der Waals surface area (Å²) in [6.45, 7) is 0. The van der Waals surface area contributed by atoms with Gasteiger partial charge in [0.25, 0.3) is 5.69 Å². The average Bonchev–Trinajstić information content (AvgIpc) is 2.51. The second-order valence-corrected chi connectivity index (χ2v) is 4.09. The minimum absolute atomic E-state index is 0.0630. The number of non-ortho nitro benzene ring substituents is 1. The molecule has 0 saturated heterocycles. The fourth-order valence-corrected chi connectivity index (χ4v) is 1.50. The number of nitrogens with zero attached hydrogens (tertiary/aromatic N) is 2. The number of rotatable bonds is 4. The summed E-state index contributed by atoms with van der Waals surface area (Å²) < 4.78 is 25.6. The van der Waals surface area contributed by atoms with Gasteiger partial charge < -0.3 is 4.84 Å². The molecule has 2 rings (SSSR count). The highest BCUT2D eigenvalue weighted by molar-refractivity contribution is 5.90. The Kier molecular flexibility index (Phi) is 4.52. The molecule has 8 heteroatoms. The van der Waals surface area contributed by atoms with E-state index in [1.165, 1.54) is 18.2 Å². The lowest BCUT2D eigenvalue weighted by molar-refractivity contribution is -0.384. The lowest BCUT2D eigenvalue weighted by Gasteiger charge is -1.98. The second kappa shape index (κ2) is 6.53. The van der Waals surface area contributed by atoms with Crippen molar-refractivity contribution >= 4 is 17.9 Å². The number of halogens is 2. The van der Waals surface area contributed by atoms with Gasteiger partial charge in [0.2, 0.25) is 0 Å². The Labute approximate surface area is 122 Å². The van der Waals surface area contributed by atoms with Crippen LogP contribution >= 0.6 is 0 Å². The van der Waals surface area contributed by atoms with Crippen molar-refractivity contribution in [3.05, 3.63) is 75.3 Å². The molecule has 0 heterocycles. The molecule has 0 aliphatic rings. The van der Waals surface area contributed by atoms with Gasteiger partial charge in [0, 0.05) is 12.1 Å². The number of nitro benzene ring substituents is 1. The highest BCUT2D eigenvalue weighted by Gasteiger charge is 2.10. The summed E-state index contributed by atoms with van der Waals surface area (Å²) in [6, 6.07) is 7.78. The SMILES string of the molecule is O=C(ON=Cc1ccc(F)c(F)c1)c1ccc([N+](=O)[O-])cc1. The zero-order valence-electron chi connectivity index (χ0n) is 10.9. The zero-order valence-corrected chi connectivity index (χ0v) is 10.9. The van der Waals surface area contributed by atoms with E-state index in [1.54, 1.807) is 0 Å². The van der Waals surface area contributed by atoms with Crippen LogP contribution in [0.4, 0.5) is 14.5 Å². The second-order valence-electron chi connectivity index (χ2n) is 4.09. The van der Waals surface area contributed by atoms with Crippen LogP contribution in [0.1, 0.15) is 15.9 Å². The van der Waals surface area contributed by atoms with Crippen molar-refractivity contribution in [3.8, 4) is 0 Å². The lowest BCUT2D eigenvalue weighted by atomic mass is 10.2. The van der Waals surface area contributed by atoms with Gasteiger partial charge in [-0.3, -0.25) is 10.1 Å². The molecule has 0 aromatic heterocycles. The van der Waals surface area contributed by atoms with Gasteiger partial charge in [-0.15, -0.1) is 0 Å². The first-order valence-corrected chi connectivity index (χ1v) is 5.91. The number of nitro groups is 1. The molecule has 0 N–H and O–H groups in total. The molecule has 0 saturated carbocycles. The van der Waals surface area contributed by atoms with Crippen molar-refractivity contribution in [3.63, 3.8) is 0 Å². The van der Waals surface area contributed by atoms with E-state index < -0.39 is 22.5 Å². The first-order valence-electron chi connectivity index (χ1n) is 5.91. The van der Waals surface area contributed by atoms with Gasteiger partial charge in [0.1, 0.15) is 0 Å². The Hall–Kier alpha value is -3.16. The number of hydrogen-bond acceptors (Lipinski definition) is 5. The van der Waals surface area contributed by atoms with Gasteiger partial charge in [0.15, 0.2) is 11.6 Å². The molecule has 0 unspecified atom stereocenters. The standard InChI is InChI=1S/C14H8F2N2O4/c15-12-6-1-9(7-13(12)16)8-17-22-14(19)10-2-4-11(5-3-10)18(20)21/h1-8H. The summed E-state index contributed by atoms with van der Waals surface area (Å²) in [5, 5.41) is 13.8. The summed E-state index contributed by atoms with van der Waals surface area (Å²) in [4.78, 5) is 26.0. The molecular weight excluding hydrogens is 298 g/mol. The van der Waals surface area contributed by atoms with E-state index in [4.69, 9.17) is 0 Å². The first kappa shape index (κ1) is 15.2. The van der Waals surface area contributed by atoms with E-state index in [1.807, 2.05) is 0 Å². The van der Waals surface area contributed by atoms with E-state index in [2.05, 4.69) is 9.99 Å². The van der Waals surface area contributed by atoms with Crippen LogP contribution in [0.2, 0.25) is 0 Å². The molecule has 0 radical (unpaired) electrons. The monoisotopic (exact) mass is 306 g/mol. The Morgan fingerprint density at radius 3 is 2.41 bits per heavy atom. The molecule has 0 aliphatic heterocycles. The summed E-state index contributed by atoms with van der Waals surface area (Å²) in [5.41, 5.74) is 0.102. The molecule has 6 nitrogen and oxygen atoms in total. The predicted molar refractivity (Wildman–Crippen MR) is 72.5 cm³/mol. The molecule has 22 heavy (non-hydrogen) atoms. The van der Waals surface area contributed by atoms with Gasteiger partial charge in [-0.25, -0.2) is 13.6 Å². The van der Waals surface area contributed by atoms with E-state index in [-0.39, 0.29) is 16.8 Å². The van der Waals surface area contributed by atoms with E-state index in [0.29, 0.717) is 0 Å². The quantitative estimate of drug-likeness (QED) is 0.376. The van der Waals surface area contributed by atoms with Crippen molar-refractivity contribution in [1.29, 1.82) is 0 Å². The van der Waals surface area contributed by atoms with E-state index >= 15 is 0 Å². The van der Waals surface area contributed by atoms with Crippen LogP contribution in [-0.4, -0.2) is 17.1 Å². The van der Waals surface area contributed by atoms with Crippen LogP contribution in [-0.2, 0) is 4.84 Å². The van der Waals surface area contributed by atoms with Crippen LogP contribution in [0.25, 0.3) is 0 Å². The van der Waals surface area contributed by atoms with Gasteiger partial charge in [-0.05, 0) is 29.8 Å². The number of oxime groups is 1. The van der Waals surface area contributed by atoms with Crippen LogP contribution in [0.5, 0.6) is 0 Å². The van der Waals surface area contributed by atoms with Crippen molar-refractivity contribution < 1.29 is 23.3 Å².